The number of hydrogen-bond donors (Lipinski definition) is 1. The highest BCUT2D eigenvalue weighted by Gasteiger charge is 2.38. The zero-order chi connectivity index (χ0) is 16.3. The number of ether oxygens (including phenoxy) is 3. The predicted octanol–water partition coefficient (Wildman–Crippen LogP) is 2.35. The summed E-state index contributed by atoms with van der Waals surface area (Å²) in [5.74, 6) is 1.14. The van der Waals surface area contributed by atoms with Gasteiger partial charge in [-0.15, -0.1) is 0 Å². The highest BCUT2D eigenvalue weighted by molar-refractivity contribution is 5.75. The smallest absolute Gasteiger partial charge is 0.311 e. The van der Waals surface area contributed by atoms with Crippen LogP contribution in [-0.4, -0.2) is 38.9 Å². The minimum Gasteiger partial charge on any atom is -0.497 e. The Labute approximate surface area is 131 Å². The maximum absolute atomic E-state index is 12.5. The lowest BCUT2D eigenvalue weighted by Crippen LogP contribution is -2.31. The van der Waals surface area contributed by atoms with Gasteiger partial charge in [0.25, 0.3) is 0 Å². The average Bonchev–Trinajstić information content (AvgIpc) is 2.94. The van der Waals surface area contributed by atoms with Gasteiger partial charge in [0, 0.05) is 24.6 Å². The zero-order valence-corrected chi connectivity index (χ0v) is 13.9. The van der Waals surface area contributed by atoms with Crippen LogP contribution in [0.2, 0.25) is 0 Å². The first-order valence-corrected chi connectivity index (χ1v) is 7.51. The van der Waals surface area contributed by atoms with Gasteiger partial charge in [0.05, 0.1) is 20.1 Å². The highest BCUT2D eigenvalue weighted by Crippen LogP contribution is 2.37. The Morgan fingerprint density at radius 1 is 1.18 bits per heavy atom. The van der Waals surface area contributed by atoms with Crippen LogP contribution in [-0.2, 0) is 9.53 Å². The second-order valence-corrected chi connectivity index (χ2v) is 6.51. The van der Waals surface area contributed by atoms with Crippen LogP contribution in [0.15, 0.2) is 18.2 Å². The van der Waals surface area contributed by atoms with E-state index in [0.29, 0.717) is 13.1 Å². The number of methoxy groups -OCH3 is 2. The minimum absolute atomic E-state index is 0.0138. The van der Waals surface area contributed by atoms with E-state index in [-0.39, 0.29) is 17.8 Å². The van der Waals surface area contributed by atoms with Gasteiger partial charge in [-0.1, -0.05) is 0 Å². The molecule has 0 aliphatic carbocycles. The molecule has 0 bridgehead atoms. The normalized spacial score (nSPS) is 21.5. The Morgan fingerprint density at radius 3 is 2.50 bits per heavy atom. The number of carbonyl (C=O) groups is 1. The quantitative estimate of drug-likeness (QED) is 0.865. The molecule has 0 spiro atoms. The summed E-state index contributed by atoms with van der Waals surface area (Å²) >= 11 is 0. The molecule has 0 radical (unpaired) electrons. The van der Waals surface area contributed by atoms with Gasteiger partial charge in [0.1, 0.15) is 17.1 Å². The van der Waals surface area contributed by atoms with E-state index in [1.165, 1.54) is 0 Å². The lowest BCUT2D eigenvalue weighted by atomic mass is 9.88. The molecule has 2 rings (SSSR count). The Morgan fingerprint density at radius 2 is 1.91 bits per heavy atom. The van der Waals surface area contributed by atoms with Crippen molar-refractivity contribution < 1.29 is 19.0 Å². The molecule has 122 valence electrons. The lowest BCUT2D eigenvalue weighted by molar-refractivity contribution is -0.159. The van der Waals surface area contributed by atoms with E-state index in [1.807, 2.05) is 39.0 Å². The van der Waals surface area contributed by atoms with Crippen molar-refractivity contribution in [3.8, 4) is 11.5 Å². The maximum atomic E-state index is 12.5. The molecule has 1 aromatic carbocycles. The van der Waals surface area contributed by atoms with Crippen molar-refractivity contribution in [2.24, 2.45) is 5.92 Å². The molecular formula is C17H25NO4. The molecule has 1 aliphatic heterocycles. The van der Waals surface area contributed by atoms with E-state index >= 15 is 0 Å². The molecule has 0 saturated carbocycles. The van der Waals surface area contributed by atoms with Gasteiger partial charge in [-0.25, -0.2) is 0 Å². The van der Waals surface area contributed by atoms with Gasteiger partial charge < -0.3 is 19.5 Å². The Kier molecular flexibility index (Phi) is 4.96. The molecule has 0 amide bonds. The van der Waals surface area contributed by atoms with Crippen molar-refractivity contribution in [3.05, 3.63) is 23.8 Å². The molecule has 1 fully saturated rings. The molecule has 5 heteroatoms. The van der Waals surface area contributed by atoms with E-state index in [0.717, 1.165) is 17.1 Å². The number of rotatable bonds is 4. The summed E-state index contributed by atoms with van der Waals surface area (Å²) in [6.45, 7) is 6.98. The first kappa shape index (κ1) is 16.6. The molecule has 1 N–H and O–H groups in total. The third-order valence-corrected chi connectivity index (χ3v) is 3.76. The topological polar surface area (TPSA) is 56.8 Å². The molecule has 1 aliphatic rings. The minimum atomic E-state index is -0.483. The van der Waals surface area contributed by atoms with Crippen molar-refractivity contribution in [1.29, 1.82) is 0 Å². The monoisotopic (exact) mass is 307 g/mol. The predicted molar refractivity (Wildman–Crippen MR) is 84.5 cm³/mol. The van der Waals surface area contributed by atoms with Gasteiger partial charge in [-0.2, -0.15) is 0 Å². The van der Waals surface area contributed by atoms with Gasteiger partial charge in [0.15, 0.2) is 0 Å². The molecule has 2 unspecified atom stereocenters. The Hall–Kier alpha value is -1.75. The van der Waals surface area contributed by atoms with Crippen LogP contribution < -0.4 is 14.8 Å². The van der Waals surface area contributed by atoms with Gasteiger partial charge >= 0.3 is 5.97 Å². The number of carbonyl (C=O) groups excluding carboxylic acids is 1. The van der Waals surface area contributed by atoms with Crippen molar-refractivity contribution >= 4 is 5.97 Å². The summed E-state index contributed by atoms with van der Waals surface area (Å²) in [5.41, 5.74) is 0.491. The average molecular weight is 307 g/mol. The lowest BCUT2D eigenvalue weighted by Gasteiger charge is -2.25. The second-order valence-electron chi connectivity index (χ2n) is 6.51. The summed E-state index contributed by atoms with van der Waals surface area (Å²) in [4.78, 5) is 12.5. The largest absolute Gasteiger partial charge is 0.497 e. The second kappa shape index (κ2) is 6.57. The van der Waals surface area contributed by atoms with Crippen molar-refractivity contribution in [2.75, 3.05) is 27.3 Å². The number of esters is 1. The van der Waals surface area contributed by atoms with E-state index in [9.17, 15) is 4.79 Å². The van der Waals surface area contributed by atoms with Crippen LogP contribution in [0.5, 0.6) is 11.5 Å². The fraction of sp³-hybridized carbons (Fsp3) is 0.588. The Bertz CT molecular complexity index is 536. The third kappa shape index (κ3) is 3.71. The van der Waals surface area contributed by atoms with Crippen molar-refractivity contribution in [2.45, 2.75) is 32.3 Å². The van der Waals surface area contributed by atoms with E-state index in [4.69, 9.17) is 14.2 Å². The fourth-order valence-corrected chi connectivity index (χ4v) is 2.76. The van der Waals surface area contributed by atoms with E-state index < -0.39 is 5.60 Å². The van der Waals surface area contributed by atoms with E-state index in [1.54, 1.807) is 14.2 Å². The van der Waals surface area contributed by atoms with Crippen molar-refractivity contribution in [1.82, 2.24) is 5.32 Å². The summed E-state index contributed by atoms with van der Waals surface area (Å²) in [7, 11) is 3.26. The molecule has 0 aromatic heterocycles. The summed E-state index contributed by atoms with van der Waals surface area (Å²) < 4.78 is 16.3. The van der Waals surface area contributed by atoms with Crippen LogP contribution in [0.1, 0.15) is 32.3 Å². The van der Waals surface area contributed by atoms with Gasteiger partial charge in [-0.3, -0.25) is 4.79 Å². The molecule has 1 aromatic rings. The Balaban J connectivity index is 2.28. The summed E-state index contributed by atoms with van der Waals surface area (Å²) in [6, 6.07) is 5.67. The summed E-state index contributed by atoms with van der Waals surface area (Å²) in [5, 5.41) is 3.28. The van der Waals surface area contributed by atoms with Crippen LogP contribution in [0.4, 0.5) is 0 Å². The maximum Gasteiger partial charge on any atom is 0.311 e. The molecule has 5 nitrogen and oxygen atoms in total. The molecular weight excluding hydrogens is 282 g/mol. The van der Waals surface area contributed by atoms with Crippen LogP contribution in [0, 0.1) is 5.92 Å². The standard InChI is InChI=1S/C17H25NO4/c1-17(2,3)22-16(19)14-10-18-9-13(14)12-8-11(20-4)6-7-15(12)21-5/h6-8,13-14,18H,9-10H2,1-5H3. The van der Waals surface area contributed by atoms with Gasteiger partial charge in [-0.05, 0) is 39.0 Å². The third-order valence-electron chi connectivity index (χ3n) is 3.76. The summed E-state index contributed by atoms with van der Waals surface area (Å²) in [6.07, 6.45) is 0. The molecule has 2 atom stereocenters. The van der Waals surface area contributed by atoms with Crippen LogP contribution in [0.25, 0.3) is 0 Å². The zero-order valence-electron chi connectivity index (χ0n) is 13.9. The molecule has 22 heavy (non-hydrogen) atoms. The van der Waals surface area contributed by atoms with E-state index in [2.05, 4.69) is 5.32 Å². The van der Waals surface area contributed by atoms with Gasteiger partial charge in [0.2, 0.25) is 0 Å². The SMILES string of the molecule is COc1ccc(OC)c(C2CNCC2C(=O)OC(C)(C)C)c1. The highest BCUT2D eigenvalue weighted by atomic mass is 16.6. The molecule has 1 heterocycles. The first-order valence-electron chi connectivity index (χ1n) is 7.51. The van der Waals surface area contributed by atoms with Crippen LogP contribution in [0.3, 0.4) is 0 Å². The number of hydrogen-bond acceptors (Lipinski definition) is 5. The van der Waals surface area contributed by atoms with Crippen molar-refractivity contribution in [3.63, 3.8) is 0 Å². The number of benzene rings is 1. The van der Waals surface area contributed by atoms with Crippen LogP contribution >= 0.6 is 0 Å². The molecule has 1 saturated heterocycles. The first-order chi connectivity index (χ1) is 10.4. The fourth-order valence-electron chi connectivity index (χ4n) is 2.76. The number of nitrogens with one attached hydrogen (secondary N) is 1.